The van der Waals surface area contributed by atoms with Crippen LogP contribution < -0.4 is 93.6 Å². The quantitative estimate of drug-likeness (QED) is 0.0671. The molecule has 224 valence electrons. The molecule has 0 amide bonds. The van der Waals surface area contributed by atoms with E-state index in [1.54, 1.807) is 0 Å². The first-order valence-corrected chi connectivity index (χ1v) is 16.5. The van der Waals surface area contributed by atoms with E-state index in [9.17, 15) is 47.3 Å². The molecule has 0 aromatic heterocycles. The minimum Gasteiger partial charge on any atom is -0.726 e. The van der Waals surface area contributed by atoms with Crippen molar-refractivity contribution in [1.29, 1.82) is 0 Å². The van der Waals surface area contributed by atoms with Gasteiger partial charge < -0.3 is 18.6 Å². The maximum Gasteiger partial charge on any atom is 1.00 e. The van der Waals surface area contributed by atoms with Crippen LogP contribution in [0.15, 0.2) is 57.6 Å². The Bertz CT molecular complexity index is 1610. The molecule has 0 heterocycles. The molecule has 0 bridgehead atoms. The second kappa shape index (κ2) is 20.1. The number of nitrogens with zero attached hydrogens (tertiary/aromatic N) is 3. The fourth-order valence-corrected chi connectivity index (χ4v) is 5.09. The molecule has 2 rings (SSSR count). The van der Waals surface area contributed by atoms with E-state index in [-0.39, 0.29) is 129 Å². The first kappa shape index (κ1) is 45.8. The molecule has 0 spiro atoms. The first-order valence-electron chi connectivity index (χ1n) is 10.4. The summed E-state index contributed by atoms with van der Waals surface area (Å²) < 4.78 is 132. The van der Waals surface area contributed by atoms with Crippen molar-refractivity contribution < 1.29 is 149 Å². The summed E-state index contributed by atoms with van der Waals surface area (Å²) >= 11 is 6.23. The van der Waals surface area contributed by atoms with Crippen LogP contribution in [0.25, 0.3) is 0 Å². The van der Waals surface area contributed by atoms with E-state index in [4.69, 9.17) is 11.6 Å². The largest absolute Gasteiger partial charge is 1.00 e. The molecule has 0 unspecified atom stereocenters. The van der Waals surface area contributed by atoms with Gasteiger partial charge in [0.2, 0.25) is 31.2 Å². The standard InChI is InChI=1S/C18H22ClN3O14S4.3Na/c19-17-13-15(22(7-9-34-38(25,26)27)8-10-35-39(28,29)30)3-6-18(17)21-20-14-1-4-16(5-2-14)37(23,24)12-11-36-40(31,32)33;;;/h1-6,13H,7-12H2,(H,25,26,27)(H,28,29,30)(H,31,32,33);;;/q;3*+1/p-3. The number of azo groups is 1. The van der Waals surface area contributed by atoms with E-state index in [1.807, 2.05) is 0 Å². The van der Waals surface area contributed by atoms with Crippen molar-refractivity contribution in [3.05, 3.63) is 47.5 Å². The Balaban J connectivity index is 0. The van der Waals surface area contributed by atoms with E-state index in [0.29, 0.717) is 0 Å². The van der Waals surface area contributed by atoms with Crippen molar-refractivity contribution in [1.82, 2.24) is 0 Å². The monoisotopic (exact) mass is 733 g/mol. The predicted octanol–water partition coefficient (Wildman–Crippen LogP) is -8.22. The van der Waals surface area contributed by atoms with Crippen molar-refractivity contribution in [3.63, 3.8) is 0 Å². The molecule has 0 saturated carbocycles. The van der Waals surface area contributed by atoms with Gasteiger partial charge in [-0.1, -0.05) is 11.6 Å². The van der Waals surface area contributed by atoms with Crippen molar-refractivity contribution in [2.75, 3.05) is 43.6 Å². The van der Waals surface area contributed by atoms with Gasteiger partial charge in [0.1, 0.15) is 5.69 Å². The summed E-state index contributed by atoms with van der Waals surface area (Å²) in [5.41, 5.74) is 0.618. The van der Waals surface area contributed by atoms with Crippen LogP contribution in [-0.2, 0) is 53.6 Å². The van der Waals surface area contributed by atoms with Crippen molar-refractivity contribution in [2.24, 2.45) is 10.2 Å². The number of hydrogen-bond acceptors (Lipinski definition) is 17. The maximum atomic E-state index is 12.2. The summed E-state index contributed by atoms with van der Waals surface area (Å²) in [7, 11) is -19.0. The fraction of sp³-hybridized carbons (Fsp3) is 0.333. The zero-order chi connectivity index (χ0) is 30.2. The molecule has 0 aliphatic carbocycles. The average molecular weight is 734 g/mol. The van der Waals surface area contributed by atoms with Crippen molar-refractivity contribution in [2.45, 2.75) is 4.90 Å². The normalized spacial score (nSPS) is 12.2. The van der Waals surface area contributed by atoms with Gasteiger partial charge in [-0.25, -0.2) is 33.7 Å². The molecule has 2 aromatic rings. The summed E-state index contributed by atoms with van der Waals surface area (Å²) in [4.78, 5) is 1.13. The van der Waals surface area contributed by atoms with Crippen LogP contribution in [0.5, 0.6) is 0 Å². The number of halogens is 1. The molecular formula is C18H19ClN3Na3O14S4. The zero-order valence-corrected chi connectivity index (χ0v) is 32.9. The van der Waals surface area contributed by atoms with Crippen LogP contribution >= 0.6 is 11.6 Å². The van der Waals surface area contributed by atoms with Crippen LogP contribution in [0.1, 0.15) is 0 Å². The average Bonchev–Trinajstić information content (AvgIpc) is 2.80. The molecular weight excluding hydrogens is 715 g/mol. The Hall–Kier alpha value is 0.690. The number of anilines is 1. The van der Waals surface area contributed by atoms with Crippen LogP contribution in [0.3, 0.4) is 0 Å². The third-order valence-corrected chi connectivity index (χ3v) is 7.89. The number of benzene rings is 2. The van der Waals surface area contributed by atoms with Gasteiger partial charge in [0.15, 0.2) is 9.84 Å². The number of hydrogen-bond donors (Lipinski definition) is 0. The molecule has 17 nitrogen and oxygen atoms in total. The number of rotatable bonds is 16. The first-order chi connectivity index (χ1) is 18.3. The van der Waals surface area contributed by atoms with Gasteiger partial charge in [-0.2, -0.15) is 5.11 Å². The van der Waals surface area contributed by atoms with Gasteiger partial charge in [0.05, 0.1) is 41.2 Å². The van der Waals surface area contributed by atoms with Crippen LogP contribution in [-0.4, -0.2) is 86.0 Å². The molecule has 2 aromatic carbocycles. The summed E-state index contributed by atoms with van der Waals surface area (Å²) in [5.74, 6) is -0.758. The van der Waals surface area contributed by atoms with Crippen molar-refractivity contribution in [3.8, 4) is 0 Å². The Kier molecular flexibility index (Phi) is 21.5. The fourth-order valence-electron chi connectivity index (χ4n) is 2.84. The topological polar surface area (TPSA) is 261 Å². The molecule has 0 radical (unpaired) electrons. The molecule has 0 aliphatic rings. The SMILES string of the molecule is O=S(=O)([O-])OCCN(CCOS(=O)(=O)[O-])c1ccc(N=Nc2ccc(S(=O)(=O)CCOS(=O)(=O)[O-])cc2)c(Cl)c1.[Na+].[Na+].[Na+]. The molecule has 0 N–H and O–H groups in total. The van der Waals surface area contributed by atoms with Crippen LogP contribution in [0.4, 0.5) is 17.1 Å². The second-order valence-electron chi connectivity index (χ2n) is 7.33. The van der Waals surface area contributed by atoms with E-state index < -0.39 is 66.6 Å². The van der Waals surface area contributed by atoms with Gasteiger partial charge in [-0.05, 0) is 42.5 Å². The van der Waals surface area contributed by atoms with E-state index in [1.165, 1.54) is 47.4 Å². The molecule has 0 atom stereocenters. The van der Waals surface area contributed by atoms with E-state index >= 15 is 0 Å². The predicted molar refractivity (Wildman–Crippen MR) is 133 cm³/mol. The second-order valence-corrected chi connectivity index (χ2v) is 13.0. The van der Waals surface area contributed by atoms with Gasteiger partial charge in [0.25, 0.3) is 0 Å². The number of sulfone groups is 1. The zero-order valence-electron chi connectivity index (χ0n) is 22.9. The molecule has 25 heteroatoms. The Morgan fingerprint density at radius 3 is 1.58 bits per heavy atom. The maximum absolute atomic E-state index is 12.2. The summed E-state index contributed by atoms with van der Waals surface area (Å²) in [6.45, 7) is -2.54. The van der Waals surface area contributed by atoms with Gasteiger partial charge in [-0.15, -0.1) is 5.11 Å². The Morgan fingerprint density at radius 1 is 0.674 bits per heavy atom. The third kappa shape index (κ3) is 19.2. The Labute approximate surface area is 320 Å². The summed E-state index contributed by atoms with van der Waals surface area (Å²) in [5, 5.41) is 7.90. The van der Waals surface area contributed by atoms with E-state index in [0.717, 1.165) is 0 Å². The molecule has 0 aliphatic heterocycles. The third-order valence-electron chi connectivity index (χ3n) is 4.52. The molecule has 0 saturated heterocycles. The summed E-state index contributed by atoms with van der Waals surface area (Å²) in [6.07, 6.45) is 0. The van der Waals surface area contributed by atoms with Crippen LogP contribution in [0.2, 0.25) is 5.02 Å². The smallest absolute Gasteiger partial charge is 0.726 e. The molecule has 0 fully saturated rings. The summed E-state index contributed by atoms with van der Waals surface area (Å²) in [6, 6.07) is 9.08. The minimum absolute atomic E-state index is 0. The van der Waals surface area contributed by atoms with Gasteiger partial charge >= 0.3 is 88.7 Å². The van der Waals surface area contributed by atoms with Crippen molar-refractivity contribution >= 4 is 69.7 Å². The molecule has 43 heavy (non-hydrogen) atoms. The van der Waals surface area contributed by atoms with Crippen LogP contribution in [0, 0.1) is 0 Å². The Morgan fingerprint density at radius 2 is 1.14 bits per heavy atom. The minimum atomic E-state index is -5.03. The van der Waals surface area contributed by atoms with Gasteiger partial charge in [0, 0.05) is 18.8 Å². The van der Waals surface area contributed by atoms with E-state index in [2.05, 4.69) is 22.8 Å². The van der Waals surface area contributed by atoms with Gasteiger partial charge in [-0.3, -0.25) is 12.5 Å².